The molecule has 0 bridgehead atoms. The van der Waals surface area contributed by atoms with Gasteiger partial charge in [-0.25, -0.2) is 9.18 Å². The minimum atomic E-state index is -0.552. The molecule has 6 nitrogen and oxygen atoms in total. The maximum absolute atomic E-state index is 12.5. The van der Waals surface area contributed by atoms with Gasteiger partial charge in [0.05, 0.1) is 11.2 Å². The highest BCUT2D eigenvalue weighted by Crippen LogP contribution is 2.35. The smallest absolute Gasteiger partial charge is 0.411 e. The summed E-state index contributed by atoms with van der Waals surface area (Å²) in [6.07, 6.45) is 0.819. The van der Waals surface area contributed by atoms with E-state index in [4.69, 9.17) is 14.9 Å². The Morgan fingerprint density at radius 3 is 2.53 bits per heavy atom. The molecule has 1 aromatic heterocycles. The zero-order chi connectivity index (χ0) is 23.9. The van der Waals surface area contributed by atoms with Crippen LogP contribution in [0.2, 0.25) is 0 Å². The SMILES string of the molecule is CCn1c(-c2ccc(NC(=O)OCc3ccccc3)cc2)c(C=N)c2ccc(OCCF)cc21. The maximum atomic E-state index is 12.5. The summed E-state index contributed by atoms with van der Waals surface area (Å²) in [6.45, 7) is 2.36. The van der Waals surface area contributed by atoms with E-state index in [0.717, 1.165) is 33.3 Å². The Kier molecular flexibility index (Phi) is 7.22. The highest BCUT2D eigenvalue weighted by molar-refractivity contribution is 6.06. The van der Waals surface area contributed by atoms with Gasteiger partial charge in [0.25, 0.3) is 0 Å². The van der Waals surface area contributed by atoms with E-state index in [1.165, 1.54) is 6.21 Å². The number of ether oxygens (including phenoxy) is 2. The Labute approximate surface area is 197 Å². The molecule has 34 heavy (non-hydrogen) atoms. The first kappa shape index (κ1) is 23.0. The first-order valence-electron chi connectivity index (χ1n) is 11.1. The van der Waals surface area contributed by atoms with Crippen molar-refractivity contribution in [2.45, 2.75) is 20.1 Å². The summed E-state index contributed by atoms with van der Waals surface area (Å²) >= 11 is 0. The van der Waals surface area contributed by atoms with Crippen LogP contribution in [0.5, 0.6) is 5.75 Å². The lowest BCUT2D eigenvalue weighted by Gasteiger charge is -2.11. The summed E-state index contributed by atoms with van der Waals surface area (Å²) in [7, 11) is 0. The molecule has 0 aliphatic rings. The summed E-state index contributed by atoms with van der Waals surface area (Å²) in [5.74, 6) is 0.592. The fourth-order valence-corrected chi connectivity index (χ4v) is 3.98. The molecule has 1 amide bonds. The van der Waals surface area contributed by atoms with Gasteiger partial charge in [-0.3, -0.25) is 5.32 Å². The van der Waals surface area contributed by atoms with Crippen LogP contribution in [0.15, 0.2) is 72.8 Å². The Bertz CT molecular complexity index is 1280. The lowest BCUT2D eigenvalue weighted by atomic mass is 10.1. The van der Waals surface area contributed by atoms with Crippen LogP contribution in [0.25, 0.3) is 22.2 Å². The second-order valence-corrected chi connectivity index (χ2v) is 7.63. The molecule has 0 saturated carbocycles. The van der Waals surface area contributed by atoms with Gasteiger partial charge in [0.1, 0.15) is 25.6 Å². The van der Waals surface area contributed by atoms with E-state index in [-0.39, 0.29) is 13.2 Å². The molecule has 0 aliphatic carbocycles. The predicted molar refractivity (Wildman–Crippen MR) is 133 cm³/mol. The van der Waals surface area contributed by atoms with Crippen LogP contribution in [-0.4, -0.2) is 30.2 Å². The minimum absolute atomic E-state index is 0.00483. The second-order valence-electron chi connectivity index (χ2n) is 7.63. The van der Waals surface area contributed by atoms with Gasteiger partial charge in [-0.2, -0.15) is 0 Å². The maximum Gasteiger partial charge on any atom is 0.411 e. The van der Waals surface area contributed by atoms with Crippen LogP contribution in [-0.2, 0) is 17.9 Å². The molecule has 0 fully saturated rings. The molecular weight excluding hydrogens is 433 g/mol. The number of nitrogens with zero attached hydrogens (tertiary/aromatic N) is 1. The first-order valence-corrected chi connectivity index (χ1v) is 11.1. The number of rotatable bonds is 9. The number of alkyl halides is 1. The fraction of sp³-hybridized carbons (Fsp3) is 0.185. The van der Waals surface area contributed by atoms with Gasteiger partial charge < -0.3 is 19.5 Å². The lowest BCUT2D eigenvalue weighted by molar-refractivity contribution is 0.155. The number of carbonyl (C=O) groups excluding carboxylic acids is 1. The molecule has 0 spiro atoms. The number of halogens is 1. The van der Waals surface area contributed by atoms with Crippen molar-refractivity contribution in [1.29, 1.82) is 5.41 Å². The summed E-state index contributed by atoms with van der Waals surface area (Å²) < 4.78 is 25.4. The average molecular weight is 460 g/mol. The molecule has 4 rings (SSSR count). The van der Waals surface area contributed by atoms with Crippen molar-refractivity contribution < 1.29 is 18.7 Å². The largest absolute Gasteiger partial charge is 0.491 e. The van der Waals surface area contributed by atoms with E-state index in [9.17, 15) is 9.18 Å². The molecule has 0 saturated heterocycles. The summed E-state index contributed by atoms with van der Waals surface area (Å²) in [5, 5.41) is 11.7. The van der Waals surface area contributed by atoms with Crippen molar-refractivity contribution in [2.75, 3.05) is 18.6 Å². The van der Waals surface area contributed by atoms with E-state index in [2.05, 4.69) is 9.88 Å². The topological polar surface area (TPSA) is 76.3 Å². The summed E-state index contributed by atoms with van der Waals surface area (Å²) in [4.78, 5) is 12.2. The third-order valence-electron chi connectivity index (χ3n) is 5.50. The zero-order valence-corrected chi connectivity index (χ0v) is 18.9. The van der Waals surface area contributed by atoms with E-state index in [1.807, 2.05) is 61.5 Å². The van der Waals surface area contributed by atoms with Crippen LogP contribution in [0.4, 0.5) is 14.9 Å². The quantitative estimate of drug-likeness (QED) is 0.284. The van der Waals surface area contributed by atoms with Crippen molar-refractivity contribution in [3.05, 3.63) is 83.9 Å². The van der Waals surface area contributed by atoms with Crippen LogP contribution in [0.1, 0.15) is 18.1 Å². The van der Waals surface area contributed by atoms with Crippen molar-refractivity contribution in [2.24, 2.45) is 0 Å². The minimum Gasteiger partial charge on any atom is -0.491 e. The normalized spacial score (nSPS) is 10.8. The van der Waals surface area contributed by atoms with E-state index < -0.39 is 12.8 Å². The summed E-state index contributed by atoms with van der Waals surface area (Å²) in [5.41, 5.74) is 5.03. The van der Waals surface area contributed by atoms with Gasteiger partial charge in [0, 0.05) is 35.5 Å². The van der Waals surface area contributed by atoms with Crippen LogP contribution in [0.3, 0.4) is 0 Å². The number of hydrogen-bond acceptors (Lipinski definition) is 4. The number of aromatic nitrogens is 1. The molecule has 7 heteroatoms. The van der Waals surface area contributed by atoms with Gasteiger partial charge >= 0.3 is 6.09 Å². The Morgan fingerprint density at radius 1 is 1.09 bits per heavy atom. The van der Waals surface area contributed by atoms with Crippen LogP contribution in [0, 0.1) is 5.41 Å². The molecule has 2 N–H and O–H groups in total. The molecule has 0 atom stereocenters. The highest BCUT2D eigenvalue weighted by atomic mass is 19.1. The van der Waals surface area contributed by atoms with Crippen LogP contribution < -0.4 is 10.1 Å². The molecule has 0 aliphatic heterocycles. The number of anilines is 1. The van der Waals surface area contributed by atoms with Gasteiger partial charge in [-0.1, -0.05) is 42.5 Å². The molecule has 174 valence electrons. The van der Waals surface area contributed by atoms with Crippen molar-refractivity contribution >= 4 is 28.9 Å². The summed E-state index contributed by atoms with van der Waals surface area (Å²) in [6, 6.07) is 22.5. The lowest BCUT2D eigenvalue weighted by Crippen LogP contribution is -2.13. The number of hydrogen-bond donors (Lipinski definition) is 2. The molecule has 0 unspecified atom stereocenters. The first-order chi connectivity index (χ1) is 16.6. The highest BCUT2D eigenvalue weighted by Gasteiger charge is 2.17. The van der Waals surface area contributed by atoms with Gasteiger partial charge in [-0.15, -0.1) is 0 Å². The average Bonchev–Trinajstić information content (AvgIpc) is 3.20. The van der Waals surface area contributed by atoms with Gasteiger partial charge in [-0.05, 0) is 42.3 Å². The van der Waals surface area contributed by atoms with Crippen molar-refractivity contribution in [3.8, 4) is 17.0 Å². The van der Waals surface area contributed by atoms with E-state index in [0.29, 0.717) is 18.0 Å². The fourth-order valence-electron chi connectivity index (χ4n) is 3.98. The number of benzene rings is 3. The number of carbonyl (C=O) groups is 1. The molecule has 0 radical (unpaired) electrons. The Hall–Kier alpha value is -4.13. The van der Waals surface area contributed by atoms with E-state index >= 15 is 0 Å². The number of fused-ring (bicyclic) bond motifs is 1. The van der Waals surface area contributed by atoms with Gasteiger partial charge in [0.15, 0.2) is 0 Å². The number of amides is 1. The van der Waals surface area contributed by atoms with Crippen molar-refractivity contribution in [1.82, 2.24) is 4.57 Å². The second kappa shape index (κ2) is 10.7. The van der Waals surface area contributed by atoms with Gasteiger partial charge in [0.2, 0.25) is 0 Å². The Morgan fingerprint density at radius 2 is 1.85 bits per heavy atom. The third-order valence-corrected chi connectivity index (χ3v) is 5.50. The number of nitrogens with one attached hydrogen (secondary N) is 2. The zero-order valence-electron chi connectivity index (χ0n) is 18.9. The van der Waals surface area contributed by atoms with E-state index in [1.54, 1.807) is 18.2 Å². The van der Waals surface area contributed by atoms with Crippen molar-refractivity contribution in [3.63, 3.8) is 0 Å². The number of aryl methyl sites for hydroxylation is 1. The molecule has 3 aromatic carbocycles. The monoisotopic (exact) mass is 459 g/mol. The third kappa shape index (κ3) is 4.93. The standard InChI is InChI=1S/C27H26FN3O3/c1-2-31-25-16-22(33-15-14-28)12-13-23(25)24(17-29)26(31)20-8-10-21(11-9-20)30-27(32)34-18-19-6-4-3-5-7-19/h3-13,16-17,29H,2,14-15,18H2,1H3,(H,30,32). The molecule has 4 aromatic rings. The molecular formula is C27H26FN3O3. The predicted octanol–water partition coefficient (Wildman–Crippen LogP) is 6.42. The Balaban J connectivity index is 1.56. The molecule has 1 heterocycles. The van der Waals surface area contributed by atoms with Crippen LogP contribution >= 0.6 is 0 Å².